The van der Waals surface area contributed by atoms with E-state index in [9.17, 15) is 0 Å². The first-order chi connectivity index (χ1) is 8.24. The summed E-state index contributed by atoms with van der Waals surface area (Å²) in [6.45, 7) is 4.61. The molecule has 0 aromatic carbocycles. The summed E-state index contributed by atoms with van der Waals surface area (Å²) in [4.78, 5) is 8.28. The summed E-state index contributed by atoms with van der Waals surface area (Å²) in [5.74, 6) is 6.44. The summed E-state index contributed by atoms with van der Waals surface area (Å²) in [7, 11) is 0. The van der Waals surface area contributed by atoms with Crippen LogP contribution in [-0.4, -0.2) is 34.7 Å². The summed E-state index contributed by atoms with van der Waals surface area (Å²) >= 11 is 0. The van der Waals surface area contributed by atoms with Gasteiger partial charge in [0.2, 0.25) is 0 Å². The highest BCUT2D eigenvalue weighted by atomic mass is 16.5. The first-order valence-corrected chi connectivity index (χ1v) is 6.16. The third-order valence-electron chi connectivity index (χ3n) is 3.18. The van der Waals surface area contributed by atoms with Gasteiger partial charge in [0, 0.05) is 25.0 Å². The molecule has 1 aliphatic rings. The highest BCUT2D eigenvalue weighted by molar-refractivity contribution is 5.02. The molecule has 0 unspecified atom stereocenters. The number of ether oxygens (including phenoxy) is 1. The van der Waals surface area contributed by atoms with Crippen molar-refractivity contribution in [2.75, 3.05) is 19.7 Å². The Bertz CT molecular complexity index is 350. The van der Waals surface area contributed by atoms with Gasteiger partial charge in [0.25, 0.3) is 0 Å². The lowest BCUT2D eigenvalue weighted by Crippen LogP contribution is -2.39. The Morgan fingerprint density at radius 2 is 2.24 bits per heavy atom. The molecule has 0 amide bonds. The predicted molar refractivity (Wildman–Crippen MR) is 65.4 cm³/mol. The average Bonchev–Trinajstić information content (AvgIpc) is 2.32. The molecular weight excluding hydrogens is 216 g/mol. The fraction of sp³-hybridized carbons (Fsp3) is 0.667. The number of hydrazine groups is 1. The fourth-order valence-electron chi connectivity index (χ4n) is 2.05. The number of hydrogen-bond donors (Lipinski definition) is 1. The molecule has 5 nitrogen and oxygen atoms in total. The second-order valence-electron chi connectivity index (χ2n) is 4.60. The van der Waals surface area contributed by atoms with Crippen LogP contribution in [0.15, 0.2) is 12.3 Å². The van der Waals surface area contributed by atoms with Gasteiger partial charge in [-0.2, -0.15) is 0 Å². The van der Waals surface area contributed by atoms with Crippen LogP contribution in [0, 0.1) is 12.8 Å². The van der Waals surface area contributed by atoms with Gasteiger partial charge in [-0.15, -0.1) is 0 Å². The molecule has 0 aliphatic carbocycles. The van der Waals surface area contributed by atoms with Crippen LogP contribution in [0.5, 0.6) is 6.01 Å². The Morgan fingerprint density at radius 3 is 2.94 bits per heavy atom. The van der Waals surface area contributed by atoms with Gasteiger partial charge in [-0.25, -0.2) is 15.0 Å². The molecule has 0 radical (unpaired) electrons. The maximum atomic E-state index is 5.72. The average molecular weight is 236 g/mol. The van der Waals surface area contributed by atoms with Crippen LogP contribution in [0.3, 0.4) is 0 Å². The van der Waals surface area contributed by atoms with Crippen LogP contribution in [0.4, 0.5) is 0 Å². The van der Waals surface area contributed by atoms with Crippen LogP contribution in [0.1, 0.15) is 25.0 Å². The van der Waals surface area contributed by atoms with E-state index < -0.39 is 0 Å². The van der Waals surface area contributed by atoms with Crippen molar-refractivity contribution >= 4 is 0 Å². The monoisotopic (exact) mass is 236 g/mol. The SMILES string of the molecule is Cc1ccnc(OCCC2CCN(N)CC2)n1. The Hall–Kier alpha value is -1.20. The first-order valence-electron chi connectivity index (χ1n) is 6.16. The van der Waals surface area contributed by atoms with E-state index in [1.165, 1.54) is 0 Å². The highest BCUT2D eigenvalue weighted by Crippen LogP contribution is 2.18. The van der Waals surface area contributed by atoms with Crippen molar-refractivity contribution < 1.29 is 4.74 Å². The molecule has 1 aromatic rings. The number of hydrogen-bond acceptors (Lipinski definition) is 5. The highest BCUT2D eigenvalue weighted by Gasteiger charge is 2.16. The predicted octanol–water partition coefficient (Wildman–Crippen LogP) is 1.14. The third kappa shape index (κ3) is 3.94. The van der Waals surface area contributed by atoms with Gasteiger partial charge in [-0.3, -0.25) is 5.84 Å². The van der Waals surface area contributed by atoms with E-state index in [1.807, 2.05) is 18.0 Å². The smallest absolute Gasteiger partial charge is 0.316 e. The van der Waals surface area contributed by atoms with Gasteiger partial charge in [-0.1, -0.05) is 0 Å². The number of aryl methyl sites for hydroxylation is 1. The van der Waals surface area contributed by atoms with Crippen molar-refractivity contribution in [3.8, 4) is 6.01 Å². The van der Waals surface area contributed by atoms with Gasteiger partial charge in [0.1, 0.15) is 0 Å². The minimum Gasteiger partial charge on any atom is -0.463 e. The minimum absolute atomic E-state index is 0.487. The number of piperidine rings is 1. The van der Waals surface area contributed by atoms with E-state index in [-0.39, 0.29) is 0 Å². The van der Waals surface area contributed by atoms with Crippen molar-refractivity contribution in [2.45, 2.75) is 26.2 Å². The Morgan fingerprint density at radius 1 is 1.47 bits per heavy atom. The topological polar surface area (TPSA) is 64.3 Å². The minimum atomic E-state index is 0.487. The van der Waals surface area contributed by atoms with Crippen LogP contribution in [-0.2, 0) is 0 Å². The molecule has 1 aromatic heterocycles. The summed E-state index contributed by atoms with van der Waals surface area (Å²) in [5.41, 5.74) is 0.937. The quantitative estimate of drug-likeness (QED) is 0.794. The van der Waals surface area contributed by atoms with Gasteiger partial charge in [0.05, 0.1) is 6.61 Å². The summed E-state index contributed by atoms with van der Waals surface area (Å²) in [5, 5.41) is 1.89. The van der Waals surface area contributed by atoms with Crippen molar-refractivity contribution in [3.63, 3.8) is 0 Å². The third-order valence-corrected chi connectivity index (χ3v) is 3.18. The number of rotatable bonds is 4. The van der Waals surface area contributed by atoms with Crippen molar-refractivity contribution in [2.24, 2.45) is 11.8 Å². The molecule has 2 heterocycles. The zero-order valence-electron chi connectivity index (χ0n) is 10.3. The zero-order valence-corrected chi connectivity index (χ0v) is 10.3. The molecule has 0 bridgehead atoms. The second-order valence-corrected chi connectivity index (χ2v) is 4.60. The van der Waals surface area contributed by atoms with Crippen molar-refractivity contribution in [1.29, 1.82) is 0 Å². The van der Waals surface area contributed by atoms with E-state index in [0.29, 0.717) is 12.6 Å². The molecule has 0 spiro atoms. The number of aromatic nitrogens is 2. The molecule has 1 aliphatic heterocycles. The standard InChI is InChI=1S/C12H20N4O/c1-10-2-6-14-12(15-10)17-9-5-11-3-7-16(13)8-4-11/h2,6,11H,3-5,7-9,13H2,1H3. The van der Waals surface area contributed by atoms with Crippen LogP contribution >= 0.6 is 0 Å². The number of nitrogens with zero attached hydrogens (tertiary/aromatic N) is 3. The zero-order chi connectivity index (χ0) is 12.1. The van der Waals surface area contributed by atoms with Crippen LogP contribution in [0.25, 0.3) is 0 Å². The summed E-state index contributed by atoms with van der Waals surface area (Å²) in [6, 6.07) is 2.35. The van der Waals surface area contributed by atoms with E-state index in [1.54, 1.807) is 6.20 Å². The lowest BCUT2D eigenvalue weighted by Gasteiger charge is -2.28. The van der Waals surface area contributed by atoms with E-state index >= 15 is 0 Å². The molecule has 5 heteroatoms. The molecule has 17 heavy (non-hydrogen) atoms. The largest absolute Gasteiger partial charge is 0.463 e. The molecule has 2 rings (SSSR count). The molecule has 0 saturated carbocycles. The Labute approximate surface area is 102 Å². The molecule has 1 saturated heterocycles. The summed E-state index contributed by atoms with van der Waals surface area (Å²) < 4.78 is 5.55. The van der Waals surface area contributed by atoms with Crippen molar-refractivity contribution in [1.82, 2.24) is 15.0 Å². The molecule has 94 valence electrons. The van der Waals surface area contributed by atoms with Gasteiger partial charge >= 0.3 is 6.01 Å². The number of nitrogens with two attached hydrogens (primary N) is 1. The lowest BCUT2D eigenvalue weighted by molar-refractivity contribution is 0.162. The van der Waals surface area contributed by atoms with Crippen LogP contribution in [0.2, 0.25) is 0 Å². The van der Waals surface area contributed by atoms with E-state index in [0.717, 1.165) is 44.0 Å². The van der Waals surface area contributed by atoms with Gasteiger partial charge < -0.3 is 4.74 Å². The lowest BCUT2D eigenvalue weighted by atomic mass is 9.95. The van der Waals surface area contributed by atoms with Gasteiger partial charge in [0.15, 0.2) is 0 Å². The molecular formula is C12H20N4O. The van der Waals surface area contributed by atoms with E-state index in [2.05, 4.69) is 9.97 Å². The van der Waals surface area contributed by atoms with E-state index in [4.69, 9.17) is 10.6 Å². The summed E-state index contributed by atoms with van der Waals surface area (Å²) in [6.07, 6.45) is 5.11. The maximum Gasteiger partial charge on any atom is 0.316 e. The van der Waals surface area contributed by atoms with Gasteiger partial charge in [-0.05, 0) is 38.2 Å². The molecule has 0 atom stereocenters. The second kappa shape index (κ2) is 5.93. The van der Waals surface area contributed by atoms with Crippen molar-refractivity contribution in [3.05, 3.63) is 18.0 Å². The Kier molecular flexibility index (Phi) is 4.28. The maximum absolute atomic E-state index is 5.72. The fourth-order valence-corrected chi connectivity index (χ4v) is 2.05. The normalized spacial score (nSPS) is 18.2. The molecule has 2 N–H and O–H groups in total. The molecule has 1 fully saturated rings. The van der Waals surface area contributed by atoms with Crippen LogP contribution < -0.4 is 10.6 Å². The Balaban J connectivity index is 1.69. The first kappa shape index (κ1) is 12.3.